The molecule has 20 heavy (non-hydrogen) atoms. The zero-order valence-corrected chi connectivity index (χ0v) is 11.3. The van der Waals surface area contributed by atoms with Gasteiger partial charge in [0.15, 0.2) is 9.84 Å². The fourth-order valence-corrected chi connectivity index (χ4v) is 2.69. The van der Waals surface area contributed by atoms with Crippen LogP contribution in [0.4, 0.5) is 0 Å². The fraction of sp³-hybridized carbons (Fsp3) is 0.333. The van der Waals surface area contributed by atoms with Gasteiger partial charge >= 0.3 is 5.97 Å². The second-order valence-corrected chi connectivity index (χ2v) is 6.13. The van der Waals surface area contributed by atoms with E-state index in [0.29, 0.717) is 0 Å². The van der Waals surface area contributed by atoms with Gasteiger partial charge < -0.3 is 15.5 Å². The van der Waals surface area contributed by atoms with Gasteiger partial charge in [-0.05, 0) is 12.1 Å². The standard InChI is InChI=1S/C12H15NO6S/c14-8-10(12(16)17)13-11(15)6-7-20(18,19)9-4-2-1-3-5-9/h1-5,10,14H,6-8H2,(H,13,15)(H,16,17)/t10-/m0/s1. The molecule has 110 valence electrons. The Morgan fingerprint density at radius 1 is 1.20 bits per heavy atom. The Kier molecular flexibility index (Phi) is 5.66. The molecule has 0 aliphatic heterocycles. The lowest BCUT2D eigenvalue weighted by molar-refractivity contribution is -0.142. The maximum atomic E-state index is 11.9. The number of rotatable bonds is 7. The SMILES string of the molecule is O=C(CCS(=O)(=O)c1ccccc1)N[C@@H](CO)C(=O)O. The van der Waals surface area contributed by atoms with Crippen molar-refractivity contribution in [1.29, 1.82) is 0 Å². The predicted octanol–water partition coefficient (Wildman–Crippen LogP) is -0.588. The number of carbonyl (C=O) groups excluding carboxylic acids is 1. The molecule has 1 aromatic rings. The summed E-state index contributed by atoms with van der Waals surface area (Å²) in [6.07, 6.45) is -0.374. The van der Waals surface area contributed by atoms with Crippen LogP contribution in [0.2, 0.25) is 0 Å². The predicted molar refractivity (Wildman–Crippen MR) is 69.8 cm³/mol. The molecular formula is C12H15NO6S. The zero-order valence-electron chi connectivity index (χ0n) is 10.5. The van der Waals surface area contributed by atoms with Crippen molar-refractivity contribution in [3.8, 4) is 0 Å². The maximum absolute atomic E-state index is 11.9. The number of carbonyl (C=O) groups is 2. The molecule has 0 bridgehead atoms. The van der Waals surface area contributed by atoms with Gasteiger partial charge in [0.25, 0.3) is 0 Å². The molecule has 1 rings (SSSR count). The van der Waals surface area contributed by atoms with Gasteiger partial charge in [-0.25, -0.2) is 13.2 Å². The van der Waals surface area contributed by atoms with E-state index in [1.807, 2.05) is 5.32 Å². The third-order valence-corrected chi connectivity index (χ3v) is 4.25. The Hall–Kier alpha value is -1.93. The first kappa shape index (κ1) is 16.1. The first-order chi connectivity index (χ1) is 9.36. The molecule has 1 atom stereocenters. The van der Waals surface area contributed by atoms with Crippen molar-refractivity contribution in [2.45, 2.75) is 17.4 Å². The van der Waals surface area contributed by atoms with E-state index in [0.717, 1.165) is 0 Å². The van der Waals surface area contributed by atoms with Crippen LogP contribution in [0.15, 0.2) is 35.2 Å². The van der Waals surface area contributed by atoms with E-state index in [-0.39, 0.29) is 11.3 Å². The first-order valence-corrected chi connectivity index (χ1v) is 7.43. The summed E-state index contributed by atoms with van der Waals surface area (Å²) in [5.74, 6) is -2.56. The second-order valence-electron chi connectivity index (χ2n) is 4.02. The molecule has 0 spiro atoms. The van der Waals surface area contributed by atoms with Crippen LogP contribution < -0.4 is 5.32 Å². The highest BCUT2D eigenvalue weighted by Gasteiger charge is 2.21. The van der Waals surface area contributed by atoms with E-state index in [1.165, 1.54) is 12.1 Å². The Morgan fingerprint density at radius 2 is 1.80 bits per heavy atom. The van der Waals surface area contributed by atoms with Gasteiger partial charge in [-0.1, -0.05) is 18.2 Å². The van der Waals surface area contributed by atoms with Crippen LogP contribution >= 0.6 is 0 Å². The summed E-state index contributed by atoms with van der Waals surface area (Å²) in [7, 11) is -3.59. The largest absolute Gasteiger partial charge is 0.480 e. The smallest absolute Gasteiger partial charge is 0.328 e. The molecule has 0 aromatic heterocycles. The van der Waals surface area contributed by atoms with Crippen molar-refractivity contribution in [1.82, 2.24) is 5.32 Å². The monoisotopic (exact) mass is 301 g/mol. The van der Waals surface area contributed by atoms with E-state index in [4.69, 9.17) is 10.2 Å². The summed E-state index contributed by atoms with van der Waals surface area (Å²) < 4.78 is 23.8. The van der Waals surface area contributed by atoms with Gasteiger partial charge in [0, 0.05) is 6.42 Å². The maximum Gasteiger partial charge on any atom is 0.328 e. The number of benzene rings is 1. The molecule has 3 N–H and O–H groups in total. The molecule has 0 saturated carbocycles. The lowest BCUT2D eigenvalue weighted by atomic mass is 10.3. The van der Waals surface area contributed by atoms with E-state index in [9.17, 15) is 18.0 Å². The highest BCUT2D eigenvalue weighted by molar-refractivity contribution is 7.91. The first-order valence-electron chi connectivity index (χ1n) is 5.77. The number of carboxylic acid groups (broad SMARTS) is 1. The molecule has 0 heterocycles. The average Bonchev–Trinajstić information content (AvgIpc) is 2.43. The number of aliphatic carboxylic acids is 1. The average molecular weight is 301 g/mol. The highest BCUT2D eigenvalue weighted by atomic mass is 32.2. The number of aliphatic hydroxyl groups excluding tert-OH is 1. The normalized spacial score (nSPS) is 12.7. The van der Waals surface area contributed by atoms with Crippen molar-refractivity contribution in [3.05, 3.63) is 30.3 Å². The van der Waals surface area contributed by atoms with Gasteiger partial charge in [0.1, 0.15) is 6.04 Å². The Labute approximate surface area is 116 Å². The van der Waals surface area contributed by atoms with Crippen molar-refractivity contribution < 1.29 is 28.2 Å². The van der Waals surface area contributed by atoms with Crippen molar-refractivity contribution in [3.63, 3.8) is 0 Å². The van der Waals surface area contributed by atoms with Crippen LogP contribution in [0, 0.1) is 0 Å². The van der Waals surface area contributed by atoms with Crippen molar-refractivity contribution in [2.24, 2.45) is 0 Å². The minimum Gasteiger partial charge on any atom is -0.480 e. The lowest BCUT2D eigenvalue weighted by Gasteiger charge is -2.11. The summed E-state index contributed by atoms with van der Waals surface area (Å²) in [6.45, 7) is -0.757. The fourth-order valence-electron chi connectivity index (χ4n) is 1.42. The van der Waals surface area contributed by atoms with Gasteiger partial charge in [0.05, 0.1) is 17.3 Å². The van der Waals surface area contributed by atoms with Gasteiger partial charge in [-0.15, -0.1) is 0 Å². The van der Waals surface area contributed by atoms with Gasteiger partial charge in [-0.3, -0.25) is 4.79 Å². The number of hydrogen-bond acceptors (Lipinski definition) is 5. The number of amides is 1. The Balaban J connectivity index is 2.59. The summed E-state index contributed by atoms with van der Waals surface area (Å²) in [5.41, 5.74) is 0. The van der Waals surface area contributed by atoms with E-state index >= 15 is 0 Å². The number of nitrogens with one attached hydrogen (secondary N) is 1. The third kappa shape index (κ3) is 4.63. The number of hydrogen-bond donors (Lipinski definition) is 3. The number of sulfone groups is 1. The summed E-state index contributed by atoms with van der Waals surface area (Å²) >= 11 is 0. The molecular weight excluding hydrogens is 286 g/mol. The Bertz CT molecular complexity index is 569. The minimum absolute atomic E-state index is 0.102. The molecule has 1 aromatic carbocycles. The molecule has 0 radical (unpaired) electrons. The van der Waals surface area contributed by atoms with E-state index in [2.05, 4.69) is 0 Å². The van der Waals surface area contributed by atoms with Crippen LogP contribution in [0.25, 0.3) is 0 Å². The van der Waals surface area contributed by atoms with E-state index in [1.54, 1.807) is 18.2 Å². The Morgan fingerprint density at radius 3 is 2.30 bits per heavy atom. The topological polar surface area (TPSA) is 121 Å². The third-order valence-electron chi connectivity index (χ3n) is 2.52. The highest BCUT2D eigenvalue weighted by Crippen LogP contribution is 2.10. The van der Waals surface area contributed by atoms with Crippen LogP contribution in [0.5, 0.6) is 0 Å². The quantitative estimate of drug-likeness (QED) is 0.619. The summed E-state index contributed by atoms with van der Waals surface area (Å²) in [4.78, 5) is 22.1. The van der Waals surface area contributed by atoms with Gasteiger partial charge in [-0.2, -0.15) is 0 Å². The van der Waals surface area contributed by atoms with Crippen molar-refractivity contribution in [2.75, 3.05) is 12.4 Å². The van der Waals surface area contributed by atoms with Crippen molar-refractivity contribution >= 4 is 21.7 Å². The van der Waals surface area contributed by atoms with Crippen LogP contribution in [-0.2, 0) is 19.4 Å². The molecule has 0 fully saturated rings. The van der Waals surface area contributed by atoms with Crippen LogP contribution in [0.1, 0.15) is 6.42 Å². The number of aliphatic hydroxyl groups is 1. The summed E-state index contributed by atoms with van der Waals surface area (Å²) in [6, 6.07) is 6.21. The lowest BCUT2D eigenvalue weighted by Crippen LogP contribution is -2.43. The van der Waals surface area contributed by atoms with E-state index < -0.39 is 40.1 Å². The molecule has 0 saturated heterocycles. The van der Waals surface area contributed by atoms with Gasteiger partial charge in [0.2, 0.25) is 5.91 Å². The number of carboxylic acids is 1. The summed E-state index contributed by atoms with van der Waals surface area (Å²) in [5, 5.41) is 19.4. The molecule has 0 aliphatic carbocycles. The molecule has 8 heteroatoms. The molecule has 7 nitrogen and oxygen atoms in total. The van der Waals surface area contributed by atoms with Crippen LogP contribution in [-0.4, -0.2) is 48.9 Å². The molecule has 0 unspecified atom stereocenters. The molecule has 1 amide bonds. The van der Waals surface area contributed by atoms with Crippen LogP contribution in [0.3, 0.4) is 0 Å². The second kappa shape index (κ2) is 7.01. The zero-order chi connectivity index (χ0) is 15.2. The molecule has 0 aliphatic rings. The minimum atomic E-state index is -3.59.